The second-order valence-corrected chi connectivity index (χ2v) is 7.94. The lowest BCUT2D eigenvalue weighted by Gasteiger charge is -2.09. The molecule has 14 heteroatoms. The van der Waals surface area contributed by atoms with E-state index in [1.807, 2.05) is 5.43 Å². The Morgan fingerprint density at radius 3 is 2.03 bits per heavy atom. The molecule has 0 amide bonds. The van der Waals surface area contributed by atoms with Gasteiger partial charge in [-0.15, -0.1) is 0 Å². The molecule has 8 nitrogen and oxygen atoms in total. The lowest BCUT2D eigenvalue weighted by Crippen LogP contribution is -2.13. The van der Waals surface area contributed by atoms with Gasteiger partial charge < -0.3 is 0 Å². The van der Waals surface area contributed by atoms with Crippen LogP contribution >= 0.6 is 0 Å². The quantitative estimate of drug-likeness (QED) is 0.127. The first-order chi connectivity index (χ1) is 15.5. The van der Waals surface area contributed by atoms with Gasteiger partial charge in [-0.2, -0.15) is 5.10 Å². The van der Waals surface area contributed by atoms with Crippen molar-refractivity contribution in [3.8, 4) is 0 Å². The van der Waals surface area contributed by atoms with Gasteiger partial charge in [0.05, 0.1) is 21.6 Å². The van der Waals surface area contributed by atoms with Crippen LogP contribution in [0.5, 0.6) is 0 Å². The van der Waals surface area contributed by atoms with E-state index in [4.69, 9.17) is 0 Å². The molecule has 0 spiro atoms. The molecule has 0 aliphatic heterocycles. The molecular weight excluding hydrogens is 475 g/mol. The van der Waals surface area contributed by atoms with Crippen LogP contribution in [0.25, 0.3) is 0 Å². The van der Waals surface area contributed by atoms with Crippen LogP contribution in [-0.2, 0) is 10.0 Å². The number of nitro groups is 1. The zero-order valence-electron chi connectivity index (χ0n) is 16.0. The number of hydrazone groups is 1. The Morgan fingerprint density at radius 1 is 0.879 bits per heavy atom. The first kappa shape index (κ1) is 23.6. The Morgan fingerprint density at radius 2 is 1.45 bits per heavy atom. The summed E-state index contributed by atoms with van der Waals surface area (Å²) in [6, 6.07) is 10.3. The van der Waals surface area contributed by atoms with E-state index in [1.54, 1.807) is 18.2 Å². The van der Waals surface area contributed by atoms with E-state index < -0.39 is 65.9 Å². The summed E-state index contributed by atoms with van der Waals surface area (Å²) in [6.45, 7) is 0. The van der Waals surface area contributed by atoms with Crippen LogP contribution in [0.1, 0.15) is 5.56 Å². The molecule has 0 fully saturated rings. The van der Waals surface area contributed by atoms with Crippen molar-refractivity contribution in [3.63, 3.8) is 0 Å². The average molecular weight is 486 g/mol. The molecule has 0 atom stereocenters. The molecule has 33 heavy (non-hydrogen) atoms. The number of sulfonamides is 1. The minimum atomic E-state index is -4.21. The number of nitrogens with one attached hydrogen (secondary N) is 2. The van der Waals surface area contributed by atoms with E-state index >= 15 is 0 Å². The summed E-state index contributed by atoms with van der Waals surface area (Å²) < 4.78 is 94.1. The van der Waals surface area contributed by atoms with Gasteiger partial charge in [-0.3, -0.25) is 20.3 Å². The van der Waals surface area contributed by atoms with E-state index in [9.17, 15) is 40.5 Å². The van der Waals surface area contributed by atoms with E-state index in [-0.39, 0.29) is 11.9 Å². The van der Waals surface area contributed by atoms with Gasteiger partial charge in [-0.25, -0.2) is 30.4 Å². The van der Waals surface area contributed by atoms with Gasteiger partial charge in [0.2, 0.25) is 5.82 Å². The van der Waals surface area contributed by atoms with Crippen LogP contribution in [0.15, 0.2) is 58.5 Å². The Bertz CT molecular complexity index is 1340. The fraction of sp³-hybridized carbons (Fsp3) is 0. The summed E-state index contributed by atoms with van der Waals surface area (Å²) >= 11 is 0. The molecule has 0 saturated heterocycles. The zero-order chi connectivity index (χ0) is 24.3. The SMILES string of the molecule is O=[N+]([O-])c1cc(S(=O)(=O)Nc2ccccc2)ccc1NN=Cc1c(F)c(F)c(F)c(F)c1F. The molecule has 2 N–H and O–H groups in total. The number of halogens is 5. The molecule has 0 heterocycles. The van der Waals surface area contributed by atoms with Crippen LogP contribution in [0.4, 0.5) is 39.0 Å². The van der Waals surface area contributed by atoms with Gasteiger partial charge in [0.1, 0.15) is 5.69 Å². The second kappa shape index (κ2) is 9.20. The number of hydrogen-bond acceptors (Lipinski definition) is 6. The first-order valence-corrected chi connectivity index (χ1v) is 10.2. The first-order valence-electron chi connectivity index (χ1n) is 8.69. The monoisotopic (exact) mass is 486 g/mol. The number of hydrogen-bond donors (Lipinski definition) is 2. The molecule has 0 saturated carbocycles. The summed E-state index contributed by atoms with van der Waals surface area (Å²) in [5.41, 5.74) is -0.367. The molecule has 0 aliphatic carbocycles. The maximum atomic E-state index is 13.7. The van der Waals surface area contributed by atoms with Gasteiger partial charge in [-0.1, -0.05) is 18.2 Å². The molecular formula is C19H11F5N4O4S. The maximum absolute atomic E-state index is 13.7. The Hall–Kier alpha value is -4.07. The van der Waals surface area contributed by atoms with Crippen LogP contribution in [0.2, 0.25) is 0 Å². The van der Waals surface area contributed by atoms with E-state index in [2.05, 4.69) is 9.82 Å². The van der Waals surface area contributed by atoms with Gasteiger partial charge in [-0.05, 0) is 24.3 Å². The number of para-hydroxylation sites is 1. The van der Waals surface area contributed by atoms with Gasteiger partial charge in [0.25, 0.3) is 15.7 Å². The zero-order valence-corrected chi connectivity index (χ0v) is 16.8. The summed E-state index contributed by atoms with van der Waals surface area (Å²) in [5.74, 6) is -11.0. The highest BCUT2D eigenvalue weighted by Crippen LogP contribution is 2.29. The predicted molar refractivity (Wildman–Crippen MR) is 108 cm³/mol. The molecule has 3 aromatic rings. The largest absolute Gasteiger partial charge is 0.295 e. The summed E-state index contributed by atoms with van der Waals surface area (Å²) in [5, 5.41) is 14.6. The molecule has 3 rings (SSSR count). The van der Waals surface area contributed by atoms with E-state index in [1.165, 1.54) is 12.1 Å². The Kier molecular flexibility index (Phi) is 6.57. The highest BCUT2D eigenvalue weighted by Gasteiger charge is 2.25. The predicted octanol–water partition coefficient (Wildman–Crippen LogP) is 4.54. The molecule has 0 radical (unpaired) electrons. The van der Waals surface area contributed by atoms with Gasteiger partial charge >= 0.3 is 0 Å². The number of nitrogens with zero attached hydrogens (tertiary/aromatic N) is 2. The number of nitro benzene ring substituents is 1. The topological polar surface area (TPSA) is 114 Å². The highest BCUT2D eigenvalue weighted by atomic mass is 32.2. The Balaban J connectivity index is 1.91. The van der Waals surface area contributed by atoms with Crippen molar-refractivity contribution in [2.45, 2.75) is 4.90 Å². The third-order valence-electron chi connectivity index (χ3n) is 4.12. The molecule has 0 unspecified atom stereocenters. The number of benzene rings is 3. The fourth-order valence-electron chi connectivity index (χ4n) is 2.55. The smallest absolute Gasteiger partial charge is 0.280 e. The Labute approximate surface area is 182 Å². The highest BCUT2D eigenvalue weighted by molar-refractivity contribution is 7.92. The molecule has 0 aromatic heterocycles. The lowest BCUT2D eigenvalue weighted by molar-refractivity contribution is -0.384. The van der Waals surface area contributed by atoms with Crippen molar-refractivity contribution in [2.75, 3.05) is 10.1 Å². The average Bonchev–Trinajstić information content (AvgIpc) is 2.79. The second-order valence-electron chi connectivity index (χ2n) is 6.26. The molecule has 0 aliphatic rings. The number of rotatable bonds is 7. The van der Waals surface area contributed by atoms with Gasteiger partial charge in [0.15, 0.2) is 23.3 Å². The van der Waals surface area contributed by atoms with E-state index in [0.717, 1.165) is 12.1 Å². The maximum Gasteiger partial charge on any atom is 0.295 e. The van der Waals surface area contributed by atoms with Gasteiger partial charge in [0, 0.05) is 11.8 Å². The van der Waals surface area contributed by atoms with E-state index in [0.29, 0.717) is 6.07 Å². The minimum Gasteiger partial charge on any atom is -0.280 e. The van der Waals surface area contributed by atoms with Crippen molar-refractivity contribution < 1.29 is 35.3 Å². The van der Waals surface area contributed by atoms with Crippen LogP contribution in [0.3, 0.4) is 0 Å². The minimum absolute atomic E-state index is 0.203. The third kappa shape index (κ3) is 4.90. The standard InChI is InChI=1S/C19H11F5N4O4S/c20-15-12(16(21)18(23)19(24)17(15)22)9-25-26-13-7-6-11(8-14(13)28(29)30)33(31,32)27-10-4-2-1-3-5-10/h1-9,26-27H. The summed E-state index contributed by atoms with van der Waals surface area (Å²) in [6.07, 6.45) is 0.238. The van der Waals surface area contributed by atoms with Crippen molar-refractivity contribution in [2.24, 2.45) is 5.10 Å². The number of anilines is 2. The van der Waals surface area contributed by atoms with Crippen molar-refractivity contribution in [1.82, 2.24) is 0 Å². The lowest BCUT2D eigenvalue weighted by atomic mass is 10.2. The normalized spacial score (nSPS) is 11.5. The summed E-state index contributed by atoms with van der Waals surface area (Å²) in [7, 11) is -4.21. The molecule has 172 valence electrons. The summed E-state index contributed by atoms with van der Waals surface area (Å²) in [4.78, 5) is 9.93. The molecule has 3 aromatic carbocycles. The van der Waals surface area contributed by atoms with Crippen molar-refractivity contribution in [1.29, 1.82) is 0 Å². The molecule has 0 bridgehead atoms. The van der Waals surface area contributed by atoms with Crippen LogP contribution < -0.4 is 10.1 Å². The fourth-order valence-corrected chi connectivity index (χ4v) is 3.62. The van der Waals surface area contributed by atoms with Crippen LogP contribution in [-0.4, -0.2) is 19.6 Å². The van der Waals surface area contributed by atoms with Crippen LogP contribution in [0, 0.1) is 39.2 Å². The third-order valence-corrected chi connectivity index (χ3v) is 5.50. The van der Waals surface area contributed by atoms with Crippen molar-refractivity contribution >= 4 is 33.3 Å². The van der Waals surface area contributed by atoms with Crippen molar-refractivity contribution in [3.05, 3.63) is 93.3 Å².